The third-order valence-corrected chi connectivity index (χ3v) is 3.09. The fourth-order valence-corrected chi connectivity index (χ4v) is 1.84. The van der Waals surface area contributed by atoms with Gasteiger partial charge in [0, 0.05) is 13.2 Å². The number of hydrogen-bond acceptors (Lipinski definition) is 3. The van der Waals surface area contributed by atoms with Crippen molar-refractivity contribution in [2.24, 2.45) is 0 Å². The van der Waals surface area contributed by atoms with Crippen LogP contribution in [0.25, 0.3) is 0 Å². The van der Waals surface area contributed by atoms with Crippen LogP contribution in [0.15, 0.2) is 10.5 Å². The maximum absolute atomic E-state index is 13.6. The summed E-state index contributed by atoms with van der Waals surface area (Å²) < 4.78 is 32.1. The van der Waals surface area contributed by atoms with E-state index in [1.807, 2.05) is 0 Å². The highest BCUT2D eigenvalue weighted by Crippen LogP contribution is 2.31. The zero-order chi connectivity index (χ0) is 11.7. The molecule has 0 bridgehead atoms. The zero-order valence-electron chi connectivity index (χ0n) is 8.40. The molecule has 0 aromatic heterocycles. The molecule has 16 heavy (non-hydrogen) atoms. The van der Waals surface area contributed by atoms with E-state index in [4.69, 9.17) is 10.5 Å². The first kappa shape index (κ1) is 11.6. The van der Waals surface area contributed by atoms with Crippen molar-refractivity contribution in [1.82, 2.24) is 0 Å². The van der Waals surface area contributed by atoms with Gasteiger partial charge in [-0.15, -0.1) is 0 Å². The molecule has 0 radical (unpaired) electrons. The zero-order valence-corrected chi connectivity index (χ0v) is 9.98. The van der Waals surface area contributed by atoms with Gasteiger partial charge in [0.05, 0.1) is 22.0 Å². The lowest BCUT2D eigenvalue weighted by Crippen LogP contribution is -2.33. The minimum atomic E-state index is -0.648. The van der Waals surface area contributed by atoms with Gasteiger partial charge in [-0.05, 0) is 28.4 Å². The number of nitrogen functional groups attached to an aromatic ring is 1. The molecule has 3 nitrogen and oxygen atoms in total. The Morgan fingerprint density at radius 2 is 2.25 bits per heavy atom. The molecular formula is C10H11BrF2N2O. The Bertz CT molecular complexity index is 384. The Hall–Kier alpha value is -0.880. The van der Waals surface area contributed by atoms with Crippen LogP contribution in [0.1, 0.15) is 6.42 Å². The van der Waals surface area contributed by atoms with Crippen molar-refractivity contribution in [2.75, 3.05) is 24.2 Å². The number of ether oxygens (including phenoxy) is 1. The summed E-state index contributed by atoms with van der Waals surface area (Å²) in [6, 6.07) is 1.01. The Labute approximate surface area is 100 Å². The normalized spacial score (nSPS) is 19.3. The van der Waals surface area contributed by atoms with Crippen molar-refractivity contribution >= 4 is 27.3 Å². The molecule has 1 aromatic carbocycles. The van der Waals surface area contributed by atoms with Crippen molar-refractivity contribution in [1.29, 1.82) is 0 Å². The summed E-state index contributed by atoms with van der Waals surface area (Å²) in [7, 11) is 0. The number of hydrogen-bond donors (Lipinski definition) is 2. The summed E-state index contributed by atoms with van der Waals surface area (Å²) in [5.41, 5.74) is 5.24. The lowest BCUT2D eigenvalue weighted by atomic mass is 10.2. The fraction of sp³-hybridized carbons (Fsp3) is 0.400. The smallest absolute Gasteiger partial charge is 0.162 e. The lowest BCUT2D eigenvalue weighted by molar-refractivity contribution is -0.0410. The molecule has 0 spiro atoms. The summed E-state index contributed by atoms with van der Waals surface area (Å²) in [5.74, 6) is -1.23. The summed E-state index contributed by atoms with van der Waals surface area (Å²) in [4.78, 5) is 0. The Morgan fingerprint density at radius 3 is 2.81 bits per heavy atom. The molecular weight excluding hydrogens is 282 g/mol. The van der Waals surface area contributed by atoms with E-state index in [9.17, 15) is 8.78 Å². The number of nitrogens with one attached hydrogen (secondary N) is 1. The summed E-state index contributed by atoms with van der Waals surface area (Å²) in [6.07, 6.45) is 0.978. The van der Waals surface area contributed by atoms with Crippen LogP contribution in [-0.4, -0.2) is 19.3 Å². The van der Waals surface area contributed by atoms with E-state index in [1.54, 1.807) is 0 Å². The second-order valence-electron chi connectivity index (χ2n) is 3.61. The van der Waals surface area contributed by atoms with Gasteiger partial charge in [-0.3, -0.25) is 0 Å². The highest BCUT2D eigenvalue weighted by Gasteiger charge is 2.20. The van der Waals surface area contributed by atoms with Crippen LogP contribution >= 0.6 is 15.9 Å². The molecule has 1 aliphatic heterocycles. The second-order valence-corrected chi connectivity index (χ2v) is 4.46. The first-order valence-electron chi connectivity index (χ1n) is 4.88. The second kappa shape index (κ2) is 4.55. The molecule has 2 rings (SSSR count). The first-order valence-corrected chi connectivity index (χ1v) is 5.67. The van der Waals surface area contributed by atoms with Crippen LogP contribution in [0.2, 0.25) is 0 Å². The third-order valence-electron chi connectivity index (χ3n) is 2.51. The van der Waals surface area contributed by atoms with Gasteiger partial charge in [0.25, 0.3) is 0 Å². The van der Waals surface area contributed by atoms with Gasteiger partial charge in [0.2, 0.25) is 0 Å². The number of halogens is 3. The van der Waals surface area contributed by atoms with Crippen molar-refractivity contribution in [3.63, 3.8) is 0 Å². The molecule has 0 amide bonds. The average molecular weight is 293 g/mol. The van der Waals surface area contributed by atoms with Gasteiger partial charge in [0.15, 0.2) is 5.82 Å². The Balaban J connectivity index is 2.17. The minimum absolute atomic E-state index is 0.0117. The van der Waals surface area contributed by atoms with Crippen LogP contribution in [0.5, 0.6) is 0 Å². The predicted molar refractivity (Wildman–Crippen MR) is 61.3 cm³/mol. The number of rotatable bonds is 3. The van der Waals surface area contributed by atoms with E-state index >= 15 is 0 Å². The van der Waals surface area contributed by atoms with E-state index in [1.165, 1.54) is 0 Å². The maximum atomic E-state index is 13.6. The summed E-state index contributed by atoms with van der Waals surface area (Å²) in [5, 5.41) is 2.77. The Morgan fingerprint density at radius 1 is 1.56 bits per heavy atom. The highest BCUT2D eigenvalue weighted by molar-refractivity contribution is 9.10. The van der Waals surface area contributed by atoms with Gasteiger partial charge in [-0.1, -0.05) is 0 Å². The van der Waals surface area contributed by atoms with Crippen LogP contribution in [0, 0.1) is 11.6 Å². The van der Waals surface area contributed by atoms with E-state index in [0.29, 0.717) is 6.54 Å². The van der Waals surface area contributed by atoms with E-state index < -0.39 is 11.6 Å². The molecule has 1 saturated heterocycles. The van der Waals surface area contributed by atoms with Crippen LogP contribution in [0.3, 0.4) is 0 Å². The third kappa shape index (κ3) is 2.12. The maximum Gasteiger partial charge on any atom is 0.162 e. The van der Waals surface area contributed by atoms with Gasteiger partial charge < -0.3 is 15.8 Å². The van der Waals surface area contributed by atoms with Crippen LogP contribution in [0.4, 0.5) is 20.2 Å². The van der Waals surface area contributed by atoms with Crippen LogP contribution in [-0.2, 0) is 4.74 Å². The minimum Gasteiger partial charge on any atom is -0.395 e. The summed E-state index contributed by atoms with van der Waals surface area (Å²) in [6.45, 7) is 1.15. The fourth-order valence-electron chi connectivity index (χ4n) is 1.44. The molecule has 1 fully saturated rings. The van der Waals surface area contributed by atoms with E-state index in [0.717, 1.165) is 19.1 Å². The SMILES string of the molecule is Nc1c(F)cc(Br)c(F)c1NC[C@@H]1CCO1. The molecule has 1 atom stereocenters. The molecule has 88 valence electrons. The van der Waals surface area contributed by atoms with Gasteiger partial charge in [-0.2, -0.15) is 0 Å². The van der Waals surface area contributed by atoms with E-state index in [2.05, 4.69) is 21.2 Å². The molecule has 1 aromatic rings. The standard InChI is InChI=1S/C10H11BrF2N2O/c11-6-3-7(12)9(14)10(8(6)13)15-4-5-1-2-16-5/h3,5,15H,1-2,4,14H2/t5-/m0/s1. The quantitative estimate of drug-likeness (QED) is 0.665. The van der Waals surface area contributed by atoms with Gasteiger partial charge in [-0.25, -0.2) is 8.78 Å². The van der Waals surface area contributed by atoms with Gasteiger partial charge >= 0.3 is 0 Å². The number of anilines is 2. The van der Waals surface area contributed by atoms with E-state index in [-0.39, 0.29) is 22.0 Å². The highest BCUT2D eigenvalue weighted by atomic mass is 79.9. The monoisotopic (exact) mass is 292 g/mol. The predicted octanol–water partition coefficient (Wildman–Crippen LogP) is 2.51. The first-order chi connectivity index (χ1) is 7.59. The lowest BCUT2D eigenvalue weighted by Gasteiger charge is -2.27. The Kier molecular flexibility index (Phi) is 3.30. The average Bonchev–Trinajstić information content (AvgIpc) is 2.18. The van der Waals surface area contributed by atoms with Crippen molar-refractivity contribution < 1.29 is 13.5 Å². The molecule has 0 unspecified atom stereocenters. The molecule has 3 N–H and O–H groups in total. The molecule has 1 heterocycles. The van der Waals surface area contributed by atoms with Crippen molar-refractivity contribution in [3.05, 3.63) is 22.2 Å². The summed E-state index contributed by atoms with van der Waals surface area (Å²) >= 11 is 2.93. The number of benzene rings is 1. The van der Waals surface area contributed by atoms with Gasteiger partial charge in [0.1, 0.15) is 5.82 Å². The van der Waals surface area contributed by atoms with Crippen LogP contribution < -0.4 is 11.1 Å². The molecule has 0 saturated carbocycles. The van der Waals surface area contributed by atoms with Crippen molar-refractivity contribution in [3.8, 4) is 0 Å². The topological polar surface area (TPSA) is 47.3 Å². The largest absolute Gasteiger partial charge is 0.395 e. The van der Waals surface area contributed by atoms with Crippen molar-refractivity contribution in [2.45, 2.75) is 12.5 Å². The molecule has 1 aliphatic rings. The molecule has 0 aliphatic carbocycles. The molecule has 6 heteroatoms. The number of nitrogens with two attached hydrogens (primary N) is 1.